The van der Waals surface area contributed by atoms with E-state index < -0.39 is 0 Å². The summed E-state index contributed by atoms with van der Waals surface area (Å²) < 4.78 is 0. The maximum Gasteiger partial charge on any atom is 0.0995 e. The van der Waals surface area contributed by atoms with Crippen LogP contribution in [0.5, 0.6) is 0 Å². The SMILES string of the molecule is CN(C)C1(CNCc2ccccc2C#N)CCC1. The van der Waals surface area contributed by atoms with Gasteiger partial charge >= 0.3 is 0 Å². The van der Waals surface area contributed by atoms with Crippen molar-refractivity contribution in [1.82, 2.24) is 10.2 Å². The van der Waals surface area contributed by atoms with Crippen molar-refractivity contribution in [3.8, 4) is 6.07 Å². The normalized spacial score (nSPS) is 17.2. The fourth-order valence-electron chi connectivity index (χ4n) is 2.58. The quantitative estimate of drug-likeness (QED) is 0.861. The van der Waals surface area contributed by atoms with Crippen molar-refractivity contribution in [2.45, 2.75) is 31.3 Å². The van der Waals surface area contributed by atoms with Crippen molar-refractivity contribution in [2.24, 2.45) is 0 Å². The zero-order valence-electron chi connectivity index (χ0n) is 11.2. The van der Waals surface area contributed by atoms with Crippen LogP contribution in [-0.4, -0.2) is 31.1 Å². The number of likely N-dealkylation sites (N-methyl/N-ethyl adjacent to an activating group) is 1. The Morgan fingerprint density at radius 1 is 1.33 bits per heavy atom. The lowest BCUT2D eigenvalue weighted by atomic mass is 9.75. The molecule has 0 saturated heterocycles. The number of hydrogen-bond donors (Lipinski definition) is 1. The Bertz CT molecular complexity index is 441. The maximum atomic E-state index is 9.04. The van der Waals surface area contributed by atoms with Crippen molar-refractivity contribution >= 4 is 0 Å². The molecular weight excluding hydrogens is 222 g/mol. The van der Waals surface area contributed by atoms with Crippen LogP contribution < -0.4 is 5.32 Å². The van der Waals surface area contributed by atoms with Gasteiger partial charge in [-0.15, -0.1) is 0 Å². The van der Waals surface area contributed by atoms with Crippen molar-refractivity contribution in [3.05, 3.63) is 35.4 Å². The van der Waals surface area contributed by atoms with E-state index in [4.69, 9.17) is 5.26 Å². The Morgan fingerprint density at radius 2 is 2.06 bits per heavy atom. The van der Waals surface area contributed by atoms with E-state index in [1.165, 1.54) is 19.3 Å². The van der Waals surface area contributed by atoms with Gasteiger partial charge in [-0.3, -0.25) is 0 Å². The molecule has 1 aromatic rings. The summed E-state index contributed by atoms with van der Waals surface area (Å²) in [4.78, 5) is 2.33. The standard InChI is InChI=1S/C15H21N3/c1-18(2)15(8-5-9-15)12-17-11-14-7-4-3-6-13(14)10-16/h3-4,6-7,17H,5,8-9,11-12H2,1-2H3. The first-order valence-electron chi connectivity index (χ1n) is 6.54. The Labute approximate surface area is 109 Å². The number of hydrogen-bond acceptors (Lipinski definition) is 3. The van der Waals surface area contributed by atoms with Crippen LogP contribution in [0.4, 0.5) is 0 Å². The third-order valence-electron chi connectivity index (χ3n) is 4.14. The molecule has 1 fully saturated rings. The summed E-state index contributed by atoms with van der Waals surface area (Å²) in [6.07, 6.45) is 3.87. The molecule has 1 aromatic carbocycles. The van der Waals surface area contributed by atoms with Gasteiger partial charge in [-0.05, 0) is 45.0 Å². The van der Waals surface area contributed by atoms with Gasteiger partial charge in [-0.1, -0.05) is 18.2 Å². The van der Waals surface area contributed by atoms with Gasteiger partial charge in [0.1, 0.15) is 0 Å². The molecule has 1 aliphatic rings. The molecule has 0 atom stereocenters. The minimum absolute atomic E-state index is 0.335. The van der Waals surface area contributed by atoms with Gasteiger partial charge in [0.05, 0.1) is 11.6 Å². The topological polar surface area (TPSA) is 39.1 Å². The highest BCUT2D eigenvalue weighted by molar-refractivity contribution is 5.37. The molecule has 0 amide bonds. The molecular formula is C15H21N3. The van der Waals surface area contributed by atoms with E-state index in [2.05, 4.69) is 30.4 Å². The average Bonchev–Trinajstić information content (AvgIpc) is 2.32. The lowest BCUT2D eigenvalue weighted by Crippen LogP contribution is -2.56. The minimum Gasteiger partial charge on any atom is -0.311 e. The van der Waals surface area contributed by atoms with Gasteiger partial charge in [-0.2, -0.15) is 5.26 Å². The molecule has 0 aromatic heterocycles. The van der Waals surface area contributed by atoms with Crippen LogP contribution in [0.2, 0.25) is 0 Å². The van der Waals surface area contributed by atoms with Crippen LogP contribution in [0.25, 0.3) is 0 Å². The smallest absolute Gasteiger partial charge is 0.0995 e. The molecule has 1 N–H and O–H groups in total. The Kier molecular flexibility index (Phi) is 4.00. The predicted octanol–water partition coefficient (Wildman–Crippen LogP) is 2.13. The Morgan fingerprint density at radius 3 is 2.61 bits per heavy atom. The number of rotatable bonds is 5. The summed E-state index contributed by atoms with van der Waals surface area (Å²) in [5.41, 5.74) is 2.20. The molecule has 1 aliphatic carbocycles. The van der Waals surface area contributed by atoms with E-state index in [9.17, 15) is 0 Å². The minimum atomic E-state index is 0.335. The molecule has 0 heterocycles. The zero-order valence-corrected chi connectivity index (χ0v) is 11.2. The zero-order chi connectivity index (χ0) is 13.0. The average molecular weight is 243 g/mol. The van der Waals surface area contributed by atoms with Crippen molar-refractivity contribution < 1.29 is 0 Å². The first kappa shape index (κ1) is 13.1. The molecule has 2 rings (SSSR count). The van der Waals surface area contributed by atoms with Crippen LogP contribution in [-0.2, 0) is 6.54 Å². The fraction of sp³-hybridized carbons (Fsp3) is 0.533. The molecule has 18 heavy (non-hydrogen) atoms. The molecule has 0 spiro atoms. The lowest BCUT2D eigenvalue weighted by Gasteiger charge is -2.47. The van der Waals surface area contributed by atoms with Crippen molar-refractivity contribution in [2.75, 3.05) is 20.6 Å². The molecule has 0 radical (unpaired) electrons. The van der Waals surface area contributed by atoms with Gasteiger partial charge in [0.15, 0.2) is 0 Å². The van der Waals surface area contributed by atoms with Gasteiger partial charge in [0, 0.05) is 18.6 Å². The summed E-state index contributed by atoms with van der Waals surface area (Å²) in [6.45, 7) is 1.78. The van der Waals surface area contributed by atoms with E-state index in [1.807, 2.05) is 24.3 Å². The third kappa shape index (κ3) is 2.55. The van der Waals surface area contributed by atoms with Crippen LogP contribution in [0.3, 0.4) is 0 Å². The first-order chi connectivity index (χ1) is 8.68. The van der Waals surface area contributed by atoms with E-state index in [1.54, 1.807) is 0 Å². The largest absolute Gasteiger partial charge is 0.311 e. The number of nitriles is 1. The Hall–Kier alpha value is -1.37. The van der Waals surface area contributed by atoms with Crippen molar-refractivity contribution in [1.29, 1.82) is 5.26 Å². The highest BCUT2D eigenvalue weighted by Crippen LogP contribution is 2.35. The van der Waals surface area contributed by atoms with Gasteiger partial charge < -0.3 is 10.2 Å². The Balaban J connectivity index is 1.91. The summed E-state index contributed by atoms with van der Waals surface area (Å²) >= 11 is 0. The second-order valence-electron chi connectivity index (χ2n) is 5.34. The first-order valence-corrected chi connectivity index (χ1v) is 6.54. The fourth-order valence-corrected chi connectivity index (χ4v) is 2.58. The third-order valence-corrected chi connectivity index (χ3v) is 4.14. The van der Waals surface area contributed by atoms with Crippen LogP contribution in [0.15, 0.2) is 24.3 Å². The van der Waals surface area contributed by atoms with E-state index in [0.29, 0.717) is 5.54 Å². The van der Waals surface area contributed by atoms with Gasteiger partial charge in [-0.25, -0.2) is 0 Å². The molecule has 96 valence electrons. The van der Waals surface area contributed by atoms with E-state index in [0.717, 1.165) is 24.2 Å². The van der Waals surface area contributed by atoms with Crippen LogP contribution in [0.1, 0.15) is 30.4 Å². The van der Waals surface area contributed by atoms with E-state index >= 15 is 0 Å². The number of nitrogens with zero attached hydrogens (tertiary/aromatic N) is 2. The summed E-state index contributed by atoms with van der Waals surface area (Å²) in [6, 6.07) is 10.0. The highest BCUT2D eigenvalue weighted by atomic mass is 15.2. The maximum absolute atomic E-state index is 9.04. The van der Waals surface area contributed by atoms with Gasteiger partial charge in [0.25, 0.3) is 0 Å². The molecule has 3 heteroatoms. The molecule has 0 aliphatic heterocycles. The molecule has 0 unspecified atom stereocenters. The van der Waals surface area contributed by atoms with Crippen LogP contribution >= 0.6 is 0 Å². The summed E-state index contributed by atoms with van der Waals surface area (Å²) in [5, 5.41) is 12.5. The molecule has 0 bridgehead atoms. The monoisotopic (exact) mass is 243 g/mol. The molecule has 3 nitrogen and oxygen atoms in total. The summed E-state index contributed by atoms with van der Waals surface area (Å²) in [7, 11) is 4.31. The number of nitrogens with one attached hydrogen (secondary N) is 1. The van der Waals surface area contributed by atoms with Crippen LogP contribution in [0, 0.1) is 11.3 Å². The second-order valence-corrected chi connectivity index (χ2v) is 5.34. The van der Waals surface area contributed by atoms with Gasteiger partial charge in [0.2, 0.25) is 0 Å². The highest BCUT2D eigenvalue weighted by Gasteiger charge is 2.38. The lowest BCUT2D eigenvalue weighted by molar-refractivity contribution is 0.0598. The van der Waals surface area contributed by atoms with E-state index in [-0.39, 0.29) is 0 Å². The second kappa shape index (κ2) is 5.51. The van der Waals surface area contributed by atoms with Crippen molar-refractivity contribution in [3.63, 3.8) is 0 Å². The number of benzene rings is 1. The summed E-state index contributed by atoms with van der Waals surface area (Å²) in [5.74, 6) is 0. The predicted molar refractivity (Wildman–Crippen MR) is 73.1 cm³/mol. The molecule has 1 saturated carbocycles.